The van der Waals surface area contributed by atoms with Gasteiger partial charge >= 0.3 is 6.03 Å². The largest absolute Gasteiger partial charge is 0.493 e. The van der Waals surface area contributed by atoms with Crippen LogP contribution < -0.4 is 29.7 Å². The van der Waals surface area contributed by atoms with E-state index in [2.05, 4.69) is 15.5 Å². The molecule has 2 N–H and O–H groups in total. The lowest BCUT2D eigenvalue weighted by Crippen LogP contribution is -2.38. The van der Waals surface area contributed by atoms with E-state index < -0.39 is 0 Å². The van der Waals surface area contributed by atoms with E-state index in [1.165, 1.54) is 0 Å². The van der Waals surface area contributed by atoms with Crippen molar-refractivity contribution in [3.05, 3.63) is 53.3 Å². The van der Waals surface area contributed by atoms with Crippen LogP contribution in [0.25, 0.3) is 5.57 Å². The smallest absolute Gasteiger partial charge is 0.322 e. The van der Waals surface area contributed by atoms with Gasteiger partial charge in [-0.25, -0.2) is 4.79 Å². The average molecular weight is 582 g/mol. The van der Waals surface area contributed by atoms with Crippen LogP contribution in [0.1, 0.15) is 12.2 Å². The van der Waals surface area contributed by atoms with Gasteiger partial charge in [-0.2, -0.15) is 15.0 Å². The van der Waals surface area contributed by atoms with Crippen molar-refractivity contribution in [3.63, 3.8) is 0 Å². The van der Waals surface area contributed by atoms with Crippen LogP contribution in [0.4, 0.5) is 28.1 Å². The number of nitrogens with one attached hydrogen (secondary N) is 2. The van der Waals surface area contributed by atoms with Gasteiger partial charge in [0.25, 0.3) is 0 Å². The molecule has 1 fully saturated rings. The van der Waals surface area contributed by atoms with Crippen molar-refractivity contribution >= 4 is 46.5 Å². The molecule has 5 rings (SSSR count). The molecule has 0 atom stereocenters. The standard InChI is InChI=1S/C28H32ClN7O5/c1-38-22-16-21(17-23(39-2)24(22)40-3)30-26-32-25(33-27(34-26)35-12-14-41-15-13-35)18-8-10-36(11-9-18)28(37)31-20-6-4-19(29)5-7-20/h4-8,16-17H,9-15H2,1-3H3,(H,31,37)(H,30,32,33,34). The molecule has 0 bridgehead atoms. The topological polar surface area (TPSA) is 123 Å². The van der Waals surface area contributed by atoms with Crippen LogP contribution in [-0.4, -0.2) is 86.6 Å². The predicted octanol–water partition coefficient (Wildman–Crippen LogP) is 4.45. The summed E-state index contributed by atoms with van der Waals surface area (Å²) in [5, 5.41) is 6.80. The minimum atomic E-state index is -0.183. The van der Waals surface area contributed by atoms with Gasteiger partial charge in [0.05, 0.1) is 34.5 Å². The number of amides is 2. The van der Waals surface area contributed by atoms with Crippen LogP contribution in [0.3, 0.4) is 0 Å². The Morgan fingerprint density at radius 3 is 2.24 bits per heavy atom. The lowest BCUT2D eigenvalue weighted by Gasteiger charge is -2.28. The second-order valence-electron chi connectivity index (χ2n) is 9.28. The number of aromatic nitrogens is 3. The monoisotopic (exact) mass is 581 g/mol. The van der Waals surface area contributed by atoms with Gasteiger partial charge in [-0.3, -0.25) is 0 Å². The minimum Gasteiger partial charge on any atom is -0.493 e. The predicted molar refractivity (Wildman–Crippen MR) is 157 cm³/mol. The minimum absolute atomic E-state index is 0.183. The van der Waals surface area contributed by atoms with Crippen molar-refractivity contribution in [2.24, 2.45) is 0 Å². The highest BCUT2D eigenvalue weighted by atomic mass is 35.5. The summed E-state index contributed by atoms with van der Waals surface area (Å²) >= 11 is 5.95. The highest BCUT2D eigenvalue weighted by Crippen LogP contribution is 2.40. The van der Waals surface area contributed by atoms with Crippen molar-refractivity contribution in [1.29, 1.82) is 0 Å². The number of rotatable bonds is 8. The number of ether oxygens (including phenoxy) is 4. The Bertz CT molecular complexity index is 1390. The summed E-state index contributed by atoms with van der Waals surface area (Å²) in [6.45, 7) is 3.46. The van der Waals surface area contributed by atoms with Gasteiger partial charge in [0, 0.05) is 54.7 Å². The van der Waals surface area contributed by atoms with Gasteiger partial charge < -0.3 is 39.4 Å². The number of benzene rings is 2. The summed E-state index contributed by atoms with van der Waals surface area (Å²) in [4.78, 5) is 30.9. The molecule has 0 spiro atoms. The normalized spacial score (nSPS) is 15.2. The Labute approximate surface area is 243 Å². The third-order valence-electron chi connectivity index (χ3n) is 6.72. The number of halogens is 1. The van der Waals surface area contributed by atoms with E-state index in [0.717, 1.165) is 5.57 Å². The maximum atomic E-state index is 12.8. The number of morpholine rings is 1. The zero-order valence-electron chi connectivity index (χ0n) is 23.1. The third-order valence-corrected chi connectivity index (χ3v) is 6.97. The summed E-state index contributed by atoms with van der Waals surface area (Å²) in [6.07, 6.45) is 2.57. The molecule has 3 aromatic rings. The number of anilines is 4. The Morgan fingerprint density at radius 1 is 0.927 bits per heavy atom. The first-order chi connectivity index (χ1) is 20.0. The highest BCUT2D eigenvalue weighted by Gasteiger charge is 2.23. The zero-order chi connectivity index (χ0) is 28.8. The first-order valence-corrected chi connectivity index (χ1v) is 13.5. The molecule has 2 aliphatic rings. The van der Waals surface area contributed by atoms with Crippen molar-refractivity contribution in [1.82, 2.24) is 19.9 Å². The molecular weight excluding hydrogens is 550 g/mol. The first-order valence-electron chi connectivity index (χ1n) is 13.1. The fourth-order valence-corrected chi connectivity index (χ4v) is 4.67. The Balaban J connectivity index is 1.39. The molecule has 0 saturated carbocycles. The van der Waals surface area contributed by atoms with Crippen molar-refractivity contribution in [3.8, 4) is 17.2 Å². The summed E-state index contributed by atoms with van der Waals surface area (Å²) < 4.78 is 21.9. The van der Waals surface area contributed by atoms with Gasteiger partial charge in [0.1, 0.15) is 0 Å². The molecule has 2 aliphatic heterocycles. The maximum Gasteiger partial charge on any atom is 0.322 e. The molecule has 2 aromatic carbocycles. The lowest BCUT2D eigenvalue weighted by molar-refractivity contribution is 0.122. The Hall–Kier alpha value is -4.29. The fourth-order valence-electron chi connectivity index (χ4n) is 4.54. The van der Waals surface area contributed by atoms with Crippen LogP contribution in [0.15, 0.2) is 42.5 Å². The van der Waals surface area contributed by atoms with Crippen LogP contribution in [0, 0.1) is 0 Å². The number of urea groups is 1. The molecule has 0 unspecified atom stereocenters. The average Bonchev–Trinajstić information content (AvgIpc) is 3.02. The molecule has 2 amide bonds. The van der Waals surface area contributed by atoms with E-state index in [0.29, 0.717) is 97.2 Å². The third kappa shape index (κ3) is 6.72. The zero-order valence-corrected chi connectivity index (χ0v) is 23.9. The number of nitrogens with zero attached hydrogens (tertiary/aromatic N) is 5. The van der Waals surface area contributed by atoms with Crippen LogP contribution in [-0.2, 0) is 4.74 Å². The molecule has 0 radical (unpaired) electrons. The number of hydrogen-bond acceptors (Lipinski definition) is 10. The highest BCUT2D eigenvalue weighted by molar-refractivity contribution is 6.30. The van der Waals surface area contributed by atoms with E-state index in [4.69, 9.17) is 45.5 Å². The maximum absolute atomic E-state index is 12.8. The molecule has 41 heavy (non-hydrogen) atoms. The molecule has 0 aliphatic carbocycles. The molecule has 13 heteroatoms. The van der Waals surface area contributed by atoms with Gasteiger partial charge in [-0.15, -0.1) is 0 Å². The quantitative estimate of drug-likeness (QED) is 0.394. The molecule has 3 heterocycles. The molecule has 1 aromatic heterocycles. The van der Waals surface area contributed by atoms with Crippen LogP contribution >= 0.6 is 11.6 Å². The Morgan fingerprint density at radius 2 is 1.63 bits per heavy atom. The molecular formula is C28H32ClN7O5. The van der Waals surface area contributed by atoms with E-state index in [1.54, 1.807) is 62.6 Å². The van der Waals surface area contributed by atoms with Crippen molar-refractivity contribution in [2.75, 3.05) is 76.3 Å². The summed E-state index contributed by atoms with van der Waals surface area (Å²) in [5.74, 6) is 2.97. The van der Waals surface area contributed by atoms with Crippen molar-refractivity contribution < 1.29 is 23.7 Å². The van der Waals surface area contributed by atoms with Crippen LogP contribution in [0.2, 0.25) is 5.02 Å². The van der Waals surface area contributed by atoms with Gasteiger partial charge in [0.2, 0.25) is 17.6 Å². The van der Waals surface area contributed by atoms with E-state index in [9.17, 15) is 4.79 Å². The van der Waals surface area contributed by atoms with E-state index in [1.807, 2.05) is 6.08 Å². The molecule has 12 nitrogen and oxygen atoms in total. The molecule has 216 valence electrons. The number of carbonyl (C=O) groups is 1. The van der Waals surface area contributed by atoms with Gasteiger partial charge in [-0.05, 0) is 36.3 Å². The summed E-state index contributed by atoms with van der Waals surface area (Å²) in [6, 6.07) is 10.4. The Kier molecular flexibility index (Phi) is 8.90. The molecule has 1 saturated heterocycles. The SMILES string of the molecule is COc1cc(Nc2nc(C3=CCN(C(=O)Nc4ccc(Cl)cc4)CC3)nc(N3CCOCC3)n2)cc(OC)c1OC. The van der Waals surface area contributed by atoms with E-state index in [-0.39, 0.29) is 6.03 Å². The van der Waals surface area contributed by atoms with Crippen LogP contribution in [0.5, 0.6) is 17.2 Å². The number of carbonyl (C=O) groups excluding carboxylic acids is 1. The van der Waals surface area contributed by atoms with Gasteiger partial charge in [0.15, 0.2) is 17.3 Å². The van der Waals surface area contributed by atoms with E-state index >= 15 is 0 Å². The summed E-state index contributed by atoms with van der Waals surface area (Å²) in [5.41, 5.74) is 2.28. The fraction of sp³-hybridized carbons (Fsp3) is 0.357. The summed E-state index contributed by atoms with van der Waals surface area (Å²) in [7, 11) is 4.68. The number of methoxy groups -OCH3 is 3. The van der Waals surface area contributed by atoms with Crippen molar-refractivity contribution in [2.45, 2.75) is 6.42 Å². The second kappa shape index (κ2) is 12.9. The first kappa shape index (κ1) is 28.2. The lowest BCUT2D eigenvalue weighted by atomic mass is 10.1. The van der Waals surface area contributed by atoms with Gasteiger partial charge in [-0.1, -0.05) is 17.7 Å². The number of hydrogen-bond donors (Lipinski definition) is 2. The second-order valence-corrected chi connectivity index (χ2v) is 9.72.